The monoisotopic (exact) mass is 293 g/mol. The summed E-state index contributed by atoms with van der Waals surface area (Å²) in [6.45, 7) is 5.98. The van der Waals surface area contributed by atoms with Crippen LogP contribution in [0, 0.1) is 13.8 Å². The van der Waals surface area contributed by atoms with Crippen LogP contribution in [0.4, 0.5) is 0 Å². The van der Waals surface area contributed by atoms with Crippen LogP contribution < -0.4 is 5.32 Å². The van der Waals surface area contributed by atoms with Gasteiger partial charge >= 0.3 is 0 Å². The fraction of sp³-hybridized carbons (Fsp3) is 0.316. The molecule has 0 fully saturated rings. The van der Waals surface area contributed by atoms with Crippen LogP contribution >= 0.6 is 0 Å². The van der Waals surface area contributed by atoms with Crippen LogP contribution in [0.2, 0.25) is 0 Å². The first-order valence-electron chi connectivity index (χ1n) is 7.76. The summed E-state index contributed by atoms with van der Waals surface area (Å²) in [6, 6.07) is 17.4. The zero-order valence-corrected chi connectivity index (χ0v) is 13.5. The van der Waals surface area contributed by atoms with E-state index < -0.39 is 0 Å². The van der Waals surface area contributed by atoms with Gasteiger partial charge in [0.15, 0.2) is 5.96 Å². The van der Waals surface area contributed by atoms with Crippen molar-refractivity contribution in [2.24, 2.45) is 4.99 Å². The second kappa shape index (κ2) is 6.22. The fourth-order valence-corrected chi connectivity index (χ4v) is 2.78. The minimum atomic E-state index is 0.290. The molecule has 0 saturated carbocycles. The third kappa shape index (κ3) is 3.14. The molecular formula is C19H23N3. The predicted octanol–water partition coefficient (Wildman–Crippen LogP) is 3.44. The lowest BCUT2D eigenvalue weighted by Gasteiger charge is -2.21. The van der Waals surface area contributed by atoms with Crippen molar-refractivity contribution in [1.82, 2.24) is 10.2 Å². The molecule has 3 heteroatoms. The number of nitrogens with zero attached hydrogens (tertiary/aromatic N) is 2. The van der Waals surface area contributed by atoms with Crippen LogP contribution in [-0.4, -0.2) is 24.5 Å². The van der Waals surface area contributed by atoms with Crippen LogP contribution in [0.1, 0.15) is 28.3 Å². The van der Waals surface area contributed by atoms with Gasteiger partial charge in [0, 0.05) is 13.6 Å². The van der Waals surface area contributed by atoms with Crippen molar-refractivity contribution in [3.05, 3.63) is 70.8 Å². The van der Waals surface area contributed by atoms with E-state index in [1.807, 2.05) is 6.07 Å². The molecule has 114 valence electrons. The second-order valence-corrected chi connectivity index (χ2v) is 6.05. The van der Waals surface area contributed by atoms with Crippen molar-refractivity contribution >= 4 is 5.96 Å². The number of hydrogen-bond donors (Lipinski definition) is 1. The van der Waals surface area contributed by atoms with E-state index in [1.165, 1.54) is 22.3 Å². The summed E-state index contributed by atoms with van der Waals surface area (Å²) in [5, 5.41) is 3.53. The van der Waals surface area contributed by atoms with E-state index in [9.17, 15) is 0 Å². The molecule has 3 rings (SSSR count). The van der Waals surface area contributed by atoms with Gasteiger partial charge in [-0.25, -0.2) is 0 Å². The summed E-state index contributed by atoms with van der Waals surface area (Å²) in [5.41, 5.74) is 5.29. The van der Waals surface area contributed by atoms with Crippen LogP contribution in [0.5, 0.6) is 0 Å². The molecule has 1 heterocycles. The van der Waals surface area contributed by atoms with Crippen molar-refractivity contribution < 1.29 is 0 Å². The highest BCUT2D eigenvalue weighted by atomic mass is 15.3. The Morgan fingerprint density at radius 2 is 1.86 bits per heavy atom. The molecule has 2 aromatic carbocycles. The van der Waals surface area contributed by atoms with Crippen molar-refractivity contribution in [2.45, 2.75) is 26.4 Å². The van der Waals surface area contributed by atoms with E-state index in [-0.39, 0.29) is 0 Å². The molecule has 0 bridgehead atoms. The average molecular weight is 293 g/mol. The summed E-state index contributed by atoms with van der Waals surface area (Å²) in [5.74, 6) is 0.979. The Bertz CT molecular complexity index is 676. The smallest absolute Gasteiger partial charge is 0.194 e. The summed E-state index contributed by atoms with van der Waals surface area (Å²) < 4.78 is 0. The predicted molar refractivity (Wildman–Crippen MR) is 92.0 cm³/mol. The van der Waals surface area contributed by atoms with Crippen LogP contribution in [0.15, 0.2) is 53.5 Å². The Labute approximate surface area is 132 Å². The van der Waals surface area contributed by atoms with E-state index in [0.29, 0.717) is 6.04 Å². The molecule has 0 spiro atoms. The van der Waals surface area contributed by atoms with Gasteiger partial charge in [-0.3, -0.25) is 4.99 Å². The first-order valence-corrected chi connectivity index (χ1v) is 7.76. The lowest BCUT2D eigenvalue weighted by atomic mass is 10.1. The fourth-order valence-electron chi connectivity index (χ4n) is 2.78. The molecule has 0 aromatic heterocycles. The topological polar surface area (TPSA) is 27.6 Å². The zero-order valence-electron chi connectivity index (χ0n) is 13.5. The van der Waals surface area contributed by atoms with Gasteiger partial charge in [-0.05, 0) is 36.1 Å². The number of aliphatic imine (C=N–C) groups is 1. The molecule has 1 aliphatic rings. The number of nitrogens with one attached hydrogen (secondary N) is 1. The maximum atomic E-state index is 4.66. The molecule has 1 N–H and O–H groups in total. The summed E-state index contributed by atoms with van der Waals surface area (Å²) in [4.78, 5) is 6.85. The largest absolute Gasteiger partial charge is 0.348 e. The summed E-state index contributed by atoms with van der Waals surface area (Å²) in [7, 11) is 2.09. The van der Waals surface area contributed by atoms with E-state index in [0.717, 1.165) is 19.0 Å². The number of aryl methyl sites for hydroxylation is 2. The van der Waals surface area contributed by atoms with E-state index >= 15 is 0 Å². The molecular weight excluding hydrogens is 270 g/mol. The Balaban J connectivity index is 1.64. The molecule has 0 saturated heterocycles. The van der Waals surface area contributed by atoms with E-state index in [1.54, 1.807) is 0 Å². The highest BCUT2D eigenvalue weighted by molar-refractivity contribution is 5.82. The zero-order chi connectivity index (χ0) is 15.5. The van der Waals surface area contributed by atoms with Crippen molar-refractivity contribution in [3.63, 3.8) is 0 Å². The molecule has 2 aromatic rings. The maximum absolute atomic E-state index is 4.66. The molecule has 0 radical (unpaired) electrons. The van der Waals surface area contributed by atoms with Gasteiger partial charge in [0.05, 0.1) is 12.6 Å². The lowest BCUT2D eigenvalue weighted by Crippen LogP contribution is -2.36. The molecule has 1 atom stereocenters. The number of rotatable bonds is 3. The molecule has 22 heavy (non-hydrogen) atoms. The number of guanidine groups is 1. The highest BCUT2D eigenvalue weighted by Gasteiger charge is 2.21. The average Bonchev–Trinajstić information content (AvgIpc) is 3.02. The van der Waals surface area contributed by atoms with Crippen molar-refractivity contribution in [1.29, 1.82) is 0 Å². The SMILES string of the molecule is Cc1ccc(CN(C)C2=NCC(c3ccccc3)N2)cc1C. The molecule has 0 aliphatic carbocycles. The lowest BCUT2D eigenvalue weighted by molar-refractivity contribution is 0.480. The molecule has 1 unspecified atom stereocenters. The quantitative estimate of drug-likeness (QED) is 0.939. The van der Waals surface area contributed by atoms with Gasteiger partial charge in [0.1, 0.15) is 0 Å². The Kier molecular flexibility index (Phi) is 4.14. The Morgan fingerprint density at radius 1 is 1.09 bits per heavy atom. The molecule has 3 nitrogen and oxygen atoms in total. The van der Waals surface area contributed by atoms with E-state index in [2.05, 4.69) is 78.6 Å². The van der Waals surface area contributed by atoms with E-state index in [4.69, 9.17) is 0 Å². The second-order valence-electron chi connectivity index (χ2n) is 6.05. The minimum Gasteiger partial charge on any atom is -0.348 e. The Hall–Kier alpha value is -2.29. The van der Waals surface area contributed by atoms with Gasteiger partial charge in [-0.15, -0.1) is 0 Å². The highest BCUT2D eigenvalue weighted by Crippen LogP contribution is 2.18. The van der Waals surface area contributed by atoms with Gasteiger partial charge in [-0.1, -0.05) is 48.5 Å². The first-order chi connectivity index (χ1) is 10.6. The van der Waals surface area contributed by atoms with Gasteiger partial charge < -0.3 is 10.2 Å². The van der Waals surface area contributed by atoms with Crippen molar-refractivity contribution in [3.8, 4) is 0 Å². The molecule has 1 aliphatic heterocycles. The summed E-state index contributed by atoms with van der Waals surface area (Å²) in [6.07, 6.45) is 0. The number of hydrogen-bond acceptors (Lipinski definition) is 3. The third-order valence-corrected chi connectivity index (χ3v) is 4.28. The van der Waals surface area contributed by atoms with Gasteiger partial charge in [0.25, 0.3) is 0 Å². The van der Waals surface area contributed by atoms with Gasteiger partial charge in [-0.2, -0.15) is 0 Å². The third-order valence-electron chi connectivity index (χ3n) is 4.28. The van der Waals surface area contributed by atoms with Gasteiger partial charge in [0.2, 0.25) is 0 Å². The normalized spacial score (nSPS) is 17.0. The maximum Gasteiger partial charge on any atom is 0.194 e. The Morgan fingerprint density at radius 3 is 2.59 bits per heavy atom. The van der Waals surface area contributed by atoms with Crippen LogP contribution in [-0.2, 0) is 6.54 Å². The summed E-state index contributed by atoms with van der Waals surface area (Å²) >= 11 is 0. The number of benzene rings is 2. The first kappa shape index (κ1) is 14.6. The van der Waals surface area contributed by atoms with Crippen molar-refractivity contribution in [2.75, 3.05) is 13.6 Å². The van der Waals surface area contributed by atoms with Crippen LogP contribution in [0.3, 0.4) is 0 Å². The standard InChI is InChI=1S/C19H23N3/c1-14-9-10-16(11-15(14)2)13-22(3)19-20-12-18(21-19)17-7-5-4-6-8-17/h4-11,18H,12-13H2,1-3H3,(H,20,21). The van der Waals surface area contributed by atoms with Crippen LogP contribution in [0.25, 0.3) is 0 Å². The molecule has 0 amide bonds. The minimum absolute atomic E-state index is 0.290.